The first kappa shape index (κ1) is 17.0. The summed E-state index contributed by atoms with van der Waals surface area (Å²) in [5.41, 5.74) is -0.915. The summed E-state index contributed by atoms with van der Waals surface area (Å²) in [5, 5.41) is 2.49. The van der Waals surface area contributed by atoms with Gasteiger partial charge in [0.1, 0.15) is 0 Å². The van der Waals surface area contributed by atoms with Gasteiger partial charge in [-0.2, -0.15) is 13.2 Å². The molecule has 0 fully saturated rings. The van der Waals surface area contributed by atoms with Gasteiger partial charge >= 0.3 is 6.18 Å². The molecule has 116 valence electrons. The lowest BCUT2D eigenvalue weighted by atomic mass is 10.1. The SMILES string of the molecule is CN(C)C(=O)CCCNC(=O)c1cccc(C(F)(F)F)c1. The van der Waals surface area contributed by atoms with Crippen molar-refractivity contribution in [1.29, 1.82) is 0 Å². The molecular formula is C14H17F3N2O2. The number of hydrogen-bond acceptors (Lipinski definition) is 2. The Morgan fingerprint density at radius 3 is 2.48 bits per heavy atom. The van der Waals surface area contributed by atoms with Crippen LogP contribution in [0, 0.1) is 0 Å². The topological polar surface area (TPSA) is 49.4 Å². The maximum atomic E-state index is 12.5. The minimum atomic E-state index is -4.48. The zero-order valence-electron chi connectivity index (χ0n) is 11.8. The lowest BCUT2D eigenvalue weighted by Crippen LogP contribution is -2.27. The first-order valence-corrected chi connectivity index (χ1v) is 6.37. The van der Waals surface area contributed by atoms with Crippen molar-refractivity contribution in [1.82, 2.24) is 10.2 Å². The van der Waals surface area contributed by atoms with Crippen molar-refractivity contribution in [3.05, 3.63) is 35.4 Å². The predicted octanol–water partition coefficient (Wildman–Crippen LogP) is 2.30. The molecule has 1 aromatic carbocycles. The first-order chi connectivity index (χ1) is 9.71. The largest absolute Gasteiger partial charge is 0.416 e. The first-order valence-electron chi connectivity index (χ1n) is 6.37. The molecule has 0 unspecified atom stereocenters. The summed E-state index contributed by atoms with van der Waals surface area (Å²) in [7, 11) is 3.26. The van der Waals surface area contributed by atoms with Crippen LogP contribution in [-0.2, 0) is 11.0 Å². The van der Waals surface area contributed by atoms with Crippen LogP contribution in [0.1, 0.15) is 28.8 Å². The Balaban J connectivity index is 2.51. The minimum Gasteiger partial charge on any atom is -0.352 e. The highest BCUT2D eigenvalue weighted by atomic mass is 19.4. The normalized spacial score (nSPS) is 11.1. The molecule has 0 bridgehead atoms. The third kappa shape index (κ3) is 5.45. The van der Waals surface area contributed by atoms with Crippen molar-refractivity contribution in [2.45, 2.75) is 19.0 Å². The van der Waals surface area contributed by atoms with Crippen molar-refractivity contribution in [2.24, 2.45) is 0 Å². The lowest BCUT2D eigenvalue weighted by Gasteiger charge is -2.11. The highest BCUT2D eigenvalue weighted by Crippen LogP contribution is 2.29. The number of alkyl halides is 3. The van der Waals surface area contributed by atoms with Crippen LogP contribution in [0.15, 0.2) is 24.3 Å². The summed E-state index contributed by atoms with van der Waals surface area (Å²) in [5.74, 6) is -0.651. The number of benzene rings is 1. The molecule has 0 saturated heterocycles. The number of hydrogen-bond donors (Lipinski definition) is 1. The fraction of sp³-hybridized carbons (Fsp3) is 0.429. The molecule has 0 heterocycles. The molecule has 0 spiro atoms. The third-order valence-corrected chi connectivity index (χ3v) is 2.80. The van der Waals surface area contributed by atoms with E-state index in [0.717, 1.165) is 12.1 Å². The van der Waals surface area contributed by atoms with E-state index in [2.05, 4.69) is 5.32 Å². The van der Waals surface area contributed by atoms with Crippen LogP contribution in [0.25, 0.3) is 0 Å². The molecule has 0 atom stereocenters. The molecule has 21 heavy (non-hydrogen) atoms. The molecule has 7 heteroatoms. The van der Waals surface area contributed by atoms with Gasteiger partial charge in [-0.3, -0.25) is 9.59 Å². The Morgan fingerprint density at radius 1 is 1.24 bits per heavy atom. The second-order valence-corrected chi connectivity index (χ2v) is 4.73. The molecule has 1 N–H and O–H groups in total. The van der Waals surface area contributed by atoms with Gasteiger partial charge in [0, 0.05) is 32.6 Å². The minimum absolute atomic E-state index is 0.0521. The van der Waals surface area contributed by atoms with E-state index in [1.165, 1.54) is 17.0 Å². The number of halogens is 3. The number of carbonyl (C=O) groups excluding carboxylic acids is 2. The van der Waals surface area contributed by atoms with E-state index < -0.39 is 17.6 Å². The van der Waals surface area contributed by atoms with Gasteiger partial charge in [-0.25, -0.2) is 0 Å². The van der Waals surface area contributed by atoms with Crippen LogP contribution in [0.2, 0.25) is 0 Å². The van der Waals surface area contributed by atoms with Crippen molar-refractivity contribution in [2.75, 3.05) is 20.6 Å². The average molecular weight is 302 g/mol. The van der Waals surface area contributed by atoms with Crippen LogP contribution < -0.4 is 5.32 Å². The fourth-order valence-electron chi connectivity index (χ4n) is 1.60. The van der Waals surface area contributed by atoms with Gasteiger partial charge in [-0.15, -0.1) is 0 Å². The Bertz CT molecular complexity index is 513. The van der Waals surface area contributed by atoms with Crippen molar-refractivity contribution in [3.63, 3.8) is 0 Å². The zero-order chi connectivity index (χ0) is 16.0. The zero-order valence-corrected chi connectivity index (χ0v) is 11.8. The van der Waals surface area contributed by atoms with Crippen LogP contribution >= 0.6 is 0 Å². The Morgan fingerprint density at radius 2 is 1.90 bits per heavy atom. The highest BCUT2D eigenvalue weighted by Gasteiger charge is 2.30. The maximum Gasteiger partial charge on any atom is 0.416 e. The van der Waals surface area contributed by atoms with E-state index in [9.17, 15) is 22.8 Å². The van der Waals surface area contributed by atoms with E-state index in [0.29, 0.717) is 6.42 Å². The maximum absolute atomic E-state index is 12.5. The number of carbonyl (C=O) groups is 2. The monoisotopic (exact) mass is 302 g/mol. The smallest absolute Gasteiger partial charge is 0.352 e. The molecule has 0 aliphatic heterocycles. The van der Waals surface area contributed by atoms with Gasteiger partial charge < -0.3 is 10.2 Å². The molecular weight excluding hydrogens is 285 g/mol. The molecule has 4 nitrogen and oxygen atoms in total. The number of rotatable bonds is 5. The molecule has 1 aromatic rings. The van der Waals surface area contributed by atoms with Gasteiger partial charge in [0.15, 0.2) is 0 Å². The molecule has 0 saturated carbocycles. The van der Waals surface area contributed by atoms with E-state index >= 15 is 0 Å². The number of nitrogens with zero attached hydrogens (tertiary/aromatic N) is 1. The van der Waals surface area contributed by atoms with Gasteiger partial charge in [0.2, 0.25) is 5.91 Å². The summed E-state index contributed by atoms with van der Waals surface area (Å²) in [6.07, 6.45) is -3.77. The lowest BCUT2D eigenvalue weighted by molar-refractivity contribution is -0.137. The fourth-order valence-corrected chi connectivity index (χ4v) is 1.60. The van der Waals surface area contributed by atoms with Crippen LogP contribution in [0.5, 0.6) is 0 Å². The summed E-state index contributed by atoms with van der Waals surface area (Å²) in [6.45, 7) is 0.231. The number of nitrogens with one attached hydrogen (secondary N) is 1. The Labute approximate surface area is 120 Å². The standard InChI is InChI=1S/C14H17F3N2O2/c1-19(2)12(20)7-4-8-18-13(21)10-5-3-6-11(9-10)14(15,16)17/h3,5-6,9H,4,7-8H2,1-2H3,(H,18,21). The predicted molar refractivity (Wildman–Crippen MR) is 71.7 cm³/mol. The summed E-state index contributed by atoms with van der Waals surface area (Å²) < 4.78 is 37.6. The molecule has 2 amide bonds. The van der Waals surface area contributed by atoms with Crippen molar-refractivity contribution >= 4 is 11.8 Å². The molecule has 0 radical (unpaired) electrons. The van der Waals surface area contributed by atoms with Gasteiger partial charge in [0.05, 0.1) is 5.56 Å². The van der Waals surface area contributed by atoms with Gasteiger partial charge in [0.25, 0.3) is 5.91 Å². The second kappa shape index (κ2) is 7.10. The molecule has 0 aliphatic carbocycles. The van der Waals surface area contributed by atoms with Crippen molar-refractivity contribution in [3.8, 4) is 0 Å². The molecule has 0 aromatic heterocycles. The average Bonchev–Trinajstić information content (AvgIpc) is 2.42. The van der Waals surface area contributed by atoms with E-state index in [4.69, 9.17) is 0 Å². The summed E-state index contributed by atoms with van der Waals surface area (Å²) in [6, 6.07) is 4.22. The van der Waals surface area contributed by atoms with E-state index in [1.54, 1.807) is 14.1 Å². The number of amides is 2. The molecule has 0 aliphatic rings. The second-order valence-electron chi connectivity index (χ2n) is 4.73. The van der Waals surface area contributed by atoms with Crippen molar-refractivity contribution < 1.29 is 22.8 Å². The van der Waals surface area contributed by atoms with Crippen LogP contribution in [0.4, 0.5) is 13.2 Å². The Kier molecular flexibility index (Phi) is 5.75. The molecule has 1 rings (SSSR count). The van der Waals surface area contributed by atoms with Crippen LogP contribution in [-0.4, -0.2) is 37.4 Å². The quantitative estimate of drug-likeness (QED) is 0.849. The van der Waals surface area contributed by atoms with Crippen LogP contribution in [0.3, 0.4) is 0 Å². The highest BCUT2D eigenvalue weighted by molar-refractivity contribution is 5.94. The van der Waals surface area contributed by atoms with E-state index in [-0.39, 0.29) is 24.4 Å². The Hall–Kier alpha value is -2.05. The third-order valence-electron chi connectivity index (χ3n) is 2.80. The summed E-state index contributed by atoms with van der Waals surface area (Å²) in [4.78, 5) is 24.5. The van der Waals surface area contributed by atoms with E-state index in [1.807, 2.05) is 0 Å². The van der Waals surface area contributed by atoms with Gasteiger partial charge in [-0.05, 0) is 24.6 Å². The van der Waals surface area contributed by atoms with Gasteiger partial charge in [-0.1, -0.05) is 6.07 Å². The summed E-state index contributed by atoms with van der Waals surface area (Å²) >= 11 is 0.